The molecule has 204 valence electrons. The molecule has 2 aliphatic rings. The Bertz CT molecular complexity index is 1500. The van der Waals surface area contributed by atoms with Crippen LogP contribution in [0, 0.1) is 5.82 Å². The van der Waals surface area contributed by atoms with Crippen molar-refractivity contribution in [3.63, 3.8) is 0 Å². The molecule has 1 aliphatic carbocycles. The molecule has 0 bridgehead atoms. The number of aromatic nitrogens is 4. The minimum absolute atomic E-state index is 0.00791. The number of aryl methyl sites for hydroxylation is 1. The lowest BCUT2D eigenvalue weighted by Crippen LogP contribution is -2.36. The van der Waals surface area contributed by atoms with Gasteiger partial charge in [0, 0.05) is 23.6 Å². The van der Waals surface area contributed by atoms with Crippen LogP contribution in [0.3, 0.4) is 0 Å². The monoisotopic (exact) mass is 530 g/mol. The van der Waals surface area contributed by atoms with Gasteiger partial charge in [0.15, 0.2) is 0 Å². The Labute approximate surface area is 227 Å². The maximum absolute atomic E-state index is 15.8. The zero-order valence-corrected chi connectivity index (χ0v) is 22.6. The van der Waals surface area contributed by atoms with Gasteiger partial charge in [-0.25, -0.2) is 8.91 Å². The molecule has 7 nitrogen and oxygen atoms in total. The quantitative estimate of drug-likeness (QED) is 0.266. The number of fused-ring (bicyclic) bond motifs is 1. The third-order valence-electron chi connectivity index (χ3n) is 8.14. The first-order chi connectivity index (χ1) is 19.0. The molecule has 2 aromatic heterocycles. The molecule has 1 saturated heterocycles. The van der Waals surface area contributed by atoms with E-state index in [1.807, 2.05) is 41.0 Å². The Morgan fingerprint density at radius 1 is 1.10 bits per heavy atom. The molecule has 0 radical (unpaired) electrons. The molecule has 0 spiro atoms. The van der Waals surface area contributed by atoms with Crippen molar-refractivity contribution < 1.29 is 13.9 Å². The van der Waals surface area contributed by atoms with Crippen LogP contribution >= 0.6 is 0 Å². The highest BCUT2D eigenvalue weighted by Gasteiger charge is 2.34. The predicted molar refractivity (Wildman–Crippen MR) is 147 cm³/mol. The fraction of sp³-hybridized carbons (Fsp3) is 0.452. The van der Waals surface area contributed by atoms with Crippen LogP contribution in [0.1, 0.15) is 68.8 Å². The van der Waals surface area contributed by atoms with Crippen molar-refractivity contribution in [2.45, 2.75) is 83.1 Å². The molecule has 8 heteroatoms. The summed E-state index contributed by atoms with van der Waals surface area (Å²) in [5.41, 5.74) is 3.17. The zero-order valence-electron chi connectivity index (χ0n) is 22.6. The van der Waals surface area contributed by atoms with E-state index in [-0.39, 0.29) is 42.2 Å². The third-order valence-corrected chi connectivity index (χ3v) is 8.14. The van der Waals surface area contributed by atoms with Gasteiger partial charge in [-0.15, -0.1) is 0 Å². The minimum Gasteiger partial charge on any atom is -0.372 e. The molecule has 2 atom stereocenters. The van der Waals surface area contributed by atoms with E-state index in [4.69, 9.17) is 9.47 Å². The number of halogens is 1. The van der Waals surface area contributed by atoms with Crippen LogP contribution in [0.25, 0.3) is 16.9 Å². The lowest BCUT2D eigenvalue weighted by atomic mass is 9.92. The number of nitrogens with zero attached hydrogens (tertiary/aromatic N) is 4. The summed E-state index contributed by atoms with van der Waals surface area (Å²) >= 11 is 0. The highest BCUT2D eigenvalue weighted by molar-refractivity contribution is 5.65. The third kappa shape index (κ3) is 5.15. The van der Waals surface area contributed by atoms with Crippen molar-refractivity contribution in [1.82, 2.24) is 19.2 Å². The van der Waals surface area contributed by atoms with Crippen LogP contribution in [-0.2, 0) is 22.3 Å². The highest BCUT2D eigenvalue weighted by atomic mass is 19.1. The van der Waals surface area contributed by atoms with E-state index in [0.29, 0.717) is 28.9 Å². The van der Waals surface area contributed by atoms with Gasteiger partial charge in [-0.05, 0) is 50.2 Å². The minimum atomic E-state index is -0.290. The molecule has 0 amide bonds. The van der Waals surface area contributed by atoms with Crippen LogP contribution in [0.5, 0.6) is 0 Å². The van der Waals surface area contributed by atoms with Crippen LogP contribution < -0.4 is 5.56 Å². The average molecular weight is 531 g/mol. The lowest BCUT2D eigenvalue weighted by molar-refractivity contribution is -0.0377. The number of hydrogen-bond acceptors (Lipinski definition) is 5. The number of rotatable bonds is 9. The van der Waals surface area contributed by atoms with Gasteiger partial charge in [0.1, 0.15) is 18.2 Å². The predicted octanol–water partition coefficient (Wildman–Crippen LogP) is 5.53. The molecule has 1 aliphatic heterocycles. The summed E-state index contributed by atoms with van der Waals surface area (Å²) in [7, 11) is 0. The first-order valence-corrected chi connectivity index (χ1v) is 14.1. The van der Waals surface area contributed by atoms with Gasteiger partial charge >= 0.3 is 0 Å². The average Bonchev–Trinajstić information content (AvgIpc) is 3.70. The first-order valence-electron chi connectivity index (χ1n) is 14.1. The molecule has 39 heavy (non-hydrogen) atoms. The second kappa shape index (κ2) is 11.0. The fourth-order valence-corrected chi connectivity index (χ4v) is 5.98. The summed E-state index contributed by atoms with van der Waals surface area (Å²) in [5, 5.41) is 4.52. The van der Waals surface area contributed by atoms with E-state index in [1.54, 1.807) is 16.6 Å². The van der Waals surface area contributed by atoms with Gasteiger partial charge < -0.3 is 9.47 Å². The molecule has 2 unspecified atom stereocenters. The van der Waals surface area contributed by atoms with E-state index in [9.17, 15) is 4.79 Å². The van der Waals surface area contributed by atoms with Gasteiger partial charge in [-0.2, -0.15) is 10.1 Å². The van der Waals surface area contributed by atoms with E-state index >= 15 is 4.39 Å². The second-order valence-electron chi connectivity index (χ2n) is 10.8. The van der Waals surface area contributed by atoms with Crippen molar-refractivity contribution in [3.05, 3.63) is 87.9 Å². The first kappa shape index (κ1) is 25.9. The molecule has 1 saturated carbocycles. The van der Waals surface area contributed by atoms with Crippen molar-refractivity contribution in [2.24, 2.45) is 0 Å². The SMILES string of the molecule is CCCc1c(Cc2cccc(-c3ccccc3)c2F)c(=O)n([C@H]2CC[C@H](OC(C)C3CO3)CC2)c2ncnn12. The Hall–Kier alpha value is -3.36. The summed E-state index contributed by atoms with van der Waals surface area (Å²) in [6.07, 6.45) is 7.06. The lowest BCUT2D eigenvalue weighted by Gasteiger charge is -2.31. The van der Waals surface area contributed by atoms with Crippen molar-refractivity contribution >= 4 is 5.78 Å². The Morgan fingerprint density at radius 2 is 1.87 bits per heavy atom. The van der Waals surface area contributed by atoms with Gasteiger partial charge in [-0.3, -0.25) is 9.36 Å². The molecule has 0 N–H and O–H groups in total. The summed E-state index contributed by atoms with van der Waals surface area (Å²) in [4.78, 5) is 18.7. The molecule has 2 aromatic carbocycles. The van der Waals surface area contributed by atoms with Crippen LogP contribution in [0.4, 0.5) is 4.39 Å². The van der Waals surface area contributed by atoms with E-state index in [0.717, 1.165) is 50.0 Å². The zero-order chi connectivity index (χ0) is 26.9. The molecular weight excluding hydrogens is 495 g/mol. The molecule has 4 aromatic rings. The van der Waals surface area contributed by atoms with Crippen molar-refractivity contribution in [1.29, 1.82) is 0 Å². The largest absolute Gasteiger partial charge is 0.372 e. The number of hydrogen-bond donors (Lipinski definition) is 0. The van der Waals surface area contributed by atoms with Gasteiger partial charge in [0.2, 0.25) is 5.78 Å². The van der Waals surface area contributed by atoms with Gasteiger partial charge in [-0.1, -0.05) is 61.9 Å². The van der Waals surface area contributed by atoms with Crippen LogP contribution in [-0.4, -0.2) is 44.1 Å². The van der Waals surface area contributed by atoms with E-state index in [2.05, 4.69) is 23.9 Å². The van der Waals surface area contributed by atoms with Gasteiger partial charge in [0.05, 0.1) is 24.5 Å². The Morgan fingerprint density at radius 3 is 2.59 bits per heavy atom. The van der Waals surface area contributed by atoms with Crippen molar-refractivity contribution in [2.75, 3.05) is 6.61 Å². The smallest absolute Gasteiger partial charge is 0.259 e. The topological polar surface area (TPSA) is 73.9 Å². The second-order valence-corrected chi connectivity index (χ2v) is 10.8. The standard InChI is InChI=1S/C31H35FN4O3/c1-3-8-27-26(17-22-11-7-12-25(29(22)32)21-9-5-4-6-10-21)30(37)35(31-33-19-34-36(27)31)23-13-15-24(16-14-23)39-20(2)28-18-38-28/h4-7,9-12,19-20,23-24,28H,3,8,13-18H2,1-2H3/t20?,23-,24-,28?. The Kier molecular flexibility index (Phi) is 7.32. The van der Waals surface area contributed by atoms with Crippen LogP contribution in [0.15, 0.2) is 59.7 Å². The summed E-state index contributed by atoms with van der Waals surface area (Å²) in [6, 6.07) is 14.9. The van der Waals surface area contributed by atoms with E-state index in [1.165, 1.54) is 6.33 Å². The highest BCUT2D eigenvalue weighted by Crippen LogP contribution is 2.33. The van der Waals surface area contributed by atoms with Crippen molar-refractivity contribution in [3.8, 4) is 11.1 Å². The van der Waals surface area contributed by atoms with Gasteiger partial charge in [0.25, 0.3) is 5.56 Å². The molecule has 3 heterocycles. The maximum Gasteiger partial charge on any atom is 0.259 e. The maximum atomic E-state index is 15.8. The van der Waals surface area contributed by atoms with Crippen LogP contribution in [0.2, 0.25) is 0 Å². The normalized spacial score (nSPS) is 21.8. The molecule has 2 fully saturated rings. The fourth-order valence-electron chi connectivity index (χ4n) is 5.98. The number of benzene rings is 2. The number of ether oxygens (including phenoxy) is 2. The number of epoxide rings is 1. The Balaban J connectivity index is 1.35. The molecular formula is C31H35FN4O3. The molecule has 6 rings (SSSR count). The summed E-state index contributed by atoms with van der Waals surface area (Å²) in [5.74, 6) is 0.275. The summed E-state index contributed by atoms with van der Waals surface area (Å²) < 4.78 is 31.1. The van der Waals surface area contributed by atoms with E-state index < -0.39 is 0 Å². The summed E-state index contributed by atoms with van der Waals surface area (Å²) in [6.45, 7) is 4.92.